The molecule has 0 aliphatic rings. The van der Waals surface area contributed by atoms with E-state index in [1.807, 2.05) is 0 Å². The number of carbonyl (C=O) groups excluding carboxylic acids is 2. The number of hydrogen-bond donors (Lipinski definition) is 1. The van der Waals surface area contributed by atoms with Crippen LogP contribution in [0.15, 0.2) is 18.2 Å². The molecular formula is C11H12O3. The van der Waals surface area contributed by atoms with Crippen molar-refractivity contribution in [2.45, 2.75) is 19.3 Å². The van der Waals surface area contributed by atoms with Gasteiger partial charge in [-0.3, -0.25) is 4.79 Å². The zero-order valence-corrected chi connectivity index (χ0v) is 8.15. The maximum absolute atomic E-state index is 10.7. The standard InChI is InChI=1S/C11H12O3/c1-11(2,7-13)9-4-3-8(6-12)10(14)5-9/h3-7,14H,1-2H3. The Balaban J connectivity index is 3.21. The van der Waals surface area contributed by atoms with Crippen molar-refractivity contribution in [2.75, 3.05) is 0 Å². The summed E-state index contributed by atoms with van der Waals surface area (Å²) in [5, 5.41) is 9.40. The molecule has 0 radical (unpaired) electrons. The van der Waals surface area contributed by atoms with Gasteiger partial charge < -0.3 is 9.90 Å². The van der Waals surface area contributed by atoms with Crippen molar-refractivity contribution >= 4 is 12.6 Å². The molecule has 1 aromatic rings. The molecule has 74 valence electrons. The summed E-state index contributed by atoms with van der Waals surface area (Å²) in [6.45, 7) is 3.49. The number of phenolic OH excluding ortho intramolecular Hbond substituents is 1. The summed E-state index contributed by atoms with van der Waals surface area (Å²) in [5.74, 6) is -0.0903. The van der Waals surface area contributed by atoms with E-state index in [4.69, 9.17) is 0 Å². The van der Waals surface area contributed by atoms with E-state index in [1.54, 1.807) is 19.9 Å². The van der Waals surface area contributed by atoms with Crippen LogP contribution in [0.2, 0.25) is 0 Å². The third-order valence-electron chi connectivity index (χ3n) is 2.20. The summed E-state index contributed by atoms with van der Waals surface area (Å²) in [4.78, 5) is 21.2. The molecule has 0 spiro atoms. The van der Waals surface area contributed by atoms with Gasteiger partial charge in [-0.1, -0.05) is 6.07 Å². The van der Waals surface area contributed by atoms with Crippen molar-refractivity contribution in [2.24, 2.45) is 0 Å². The van der Waals surface area contributed by atoms with Crippen LogP contribution in [0, 0.1) is 0 Å². The fourth-order valence-electron chi connectivity index (χ4n) is 1.11. The summed E-state index contributed by atoms with van der Waals surface area (Å²) < 4.78 is 0. The van der Waals surface area contributed by atoms with Crippen molar-refractivity contribution < 1.29 is 14.7 Å². The Morgan fingerprint density at radius 3 is 2.36 bits per heavy atom. The Morgan fingerprint density at radius 2 is 1.93 bits per heavy atom. The molecule has 3 nitrogen and oxygen atoms in total. The van der Waals surface area contributed by atoms with Gasteiger partial charge in [0.25, 0.3) is 0 Å². The fraction of sp³-hybridized carbons (Fsp3) is 0.273. The molecule has 0 heterocycles. The first-order valence-corrected chi connectivity index (χ1v) is 4.26. The Labute approximate surface area is 82.4 Å². The van der Waals surface area contributed by atoms with Crippen molar-refractivity contribution in [1.82, 2.24) is 0 Å². The summed E-state index contributed by atoms with van der Waals surface area (Å²) in [6, 6.07) is 4.61. The molecule has 0 saturated heterocycles. The average molecular weight is 192 g/mol. The molecule has 1 aromatic carbocycles. The predicted molar refractivity (Wildman–Crippen MR) is 52.6 cm³/mol. The van der Waals surface area contributed by atoms with E-state index in [9.17, 15) is 14.7 Å². The quantitative estimate of drug-likeness (QED) is 0.741. The van der Waals surface area contributed by atoms with Crippen molar-refractivity contribution in [3.05, 3.63) is 29.3 Å². The summed E-state index contributed by atoms with van der Waals surface area (Å²) >= 11 is 0. The molecule has 1 N–H and O–H groups in total. The fourth-order valence-corrected chi connectivity index (χ4v) is 1.11. The van der Waals surface area contributed by atoms with Gasteiger partial charge in [0.2, 0.25) is 0 Å². The van der Waals surface area contributed by atoms with E-state index in [1.165, 1.54) is 12.1 Å². The van der Waals surface area contributed by atoms with Crippen molar-refractivity contribution in [3.8, 4) is 5.75 Å². The minimum atomic E-state index is -0.640. The molecule has 14 heavy (non-hydrogen) atoms. The van der Waals surface area contributed by atoms with Crippen LogP contribution in [-0.2, 0) is 10.2 Å². The molecule has 1 rings (SSSR count). The Bertz CT molecular complexity index is 367. The minimum absolute atomic E-state index is 0.0903. The van der Waals surface area contributed by atoms with Crippen molar-refractivity contribution in [3.63, 3.8) is 0 Å². The second kappa shape index (κ2) is 3.62. The van der Waals surface area contributed by atoms with Gasteiger partial charge >= 0.3 is 0 Å². The number of benzene rings is 1. The van der Waals surface area contributed by atoms with E-state index in [0.717, 1.165) is 6.29 Å². The third kappa shape index (κ3) is 1.82. The highest BCUT2D eigenvalue weighted by Gasteiger charge is 2.20. The zero-order chi connectivity index (χ0) is 10.8. The molecule has 0 aliphatic heterocycles. The average Bonchev–Trinajstić information content (AvgIpc) is 2.17. The topological polar surface area (TPSA) is 54.4 Å². The van der Waals surface area contributed by atoms with Crippen molar-refractivity contribution in [1.29, 1.82) is 0 Å². The van der Waals surface area contributed by atoms with Gasteiger partial charge in [-0.15, -0.1) is 0 Å². The zero-order valence-electron chi connectivity index (χ0n) is 8.15. The number of hydrogen-bond acceptors (Lipinski definition) is 3. The summed E-state index contributed by atoms with van der Waals surface area (Å²) in [5.41, 5.74) is 0.282. The molecule has 0 aromatic heterocycles. The molecule has 0 unspecified atom stereocenters. The molecule has 0 fully saturated rings. The maximum atomic E-state index is 10.7. The van der Waals surface area contributed by atoms with Crippen LogP contribution < -0.4 is 0 Å². The van der Waals surface area contributed by atoms with Crippen LogP contribution in [0.1, 0.15) is 29.8 Å². The van der Waals surface area contributed by atoms with E-state index in [2.05, 4.69) is 0 Å². The number of aromatic hydroxyl groups is 1. The summed E-state index contributed by atoms with van der Waals surface area (Å²) in [6.07, 6.45) is 1.38. The van der Waals surface area contributed by atoms with Gasteiger partial charge in [0.1, 0.15) is 12.0 Å². The van der Waals surface area contributed by atoms with E-state index in [0.29, 0.717) is 11.8 Å². The minimum Gasteiger partial charge on any atom is -0.507 e. The van der Waals surface area contributed by atoms with Gasteiger partial charge in [0.05, 0.1) is 5.56 Å². The SMILES string of the molecule is CC(C)(C=O)c1ccc(C=O)c(O)c1. The maximum Gasteiger partial charge on any atom is 0.153 e. The second-order valence-corrected chi connectivity index (χ2v) is 3.73. The lowest BCUT2D eigenvalue weighted by molar-refractivity contribution is -0.111. The number of phenols is 1. The lowest BCUT2D eigenvalue weighted by Crippen LogP contribution is -2.18. The normalized spacial score (nSPS) is 11.0. The van der Waals surface area contributed by atoms with Gasteiger partial charge in [-0.25, -0.2) is 0 Å². The van der Waals surface area contributed by atoms with Crippen LogP contribution in [0.3, 0.4) is 0 Å². The molecule has 0 bridgehead atoms. The Hall–Kier alpha value is -1.64. The largest absolute Gasteiger partial charge is 0.507 e. The van der Waals surface area contributed by atoms with Crippen LogP contribution >= 0.6 is 0 Å². The van der Waals surface area contributed by atoms with Gasteiger partial charge in [0, 0.05) is 5.41 Å². The molecular weight excluding hydrogens is 180 g/mol. The molecule has 3 heteroatoms. The highest BCUT2D eigenvalue weighted by atomic mass is 16.3. The first kappa shape index (κ1) is 10.4. The monoisotopic (exact) mass is 192 g/mol. The molecule has 0 atom stereocenters. The Morgan fingerprint density at radius 1 is 1.29 bits per heavy atom. The first-order valence-electron chi connectivity index (χ1n) is 4.26. The van der Waals surface area contributed by atoms with Gasteiger partial charge in [-0.05, 0) is 31.5 Å². The van der Waals surface area contributed by atoms with Crippen LogP contribution in [0.25, 0.3) is 0 Å². The van der Waals surface area contributed by atoms with Crippen LogP contribution in [0.4, 0.5) is 0 Å². The van der Waals surface area contributed by atoms with Crippen LogP contribution in [0.5, 0.6) is 5.75 Å². The lowest BCUT2D eigenvalue weighted by atomic mass is 9.86. The predicted octanol–water partition coefficient (Wildman–Crippen LogP) is 1.68. The van der Waals surface area contributed by atoms with E-state index >= 15 is 0 Å². The smallest absolute Gasteiger partial charge is 0.153 e. The number of carbonyl (C=O) groups is 2. The summed E-state index contributed by atoms with van der Waals surface area (Å²) in [7, 11) is 0. The van der Waals surface area contributed by atoms with Crippen LogP contribution in [-0.4, -0.2) is 17.7 Å². The highest BCUT2D eigenvalue weighted by Crippen LogP contribution is 2.25. The molecule has 0 saturated carbocycles. The second-order valence-electron chi connectivity index (χ2n) is 3.73. The lowest BCUT2D eigenvalue weighted by Gasteiger charge is -2.17. The molecule has 0 amide bonds. The first-order chi connectivity index (χ1) is 6.51. The van der Waals surface area contributed by atoms with E-state index < -0.39 is 5.41 Å². The van der Waals surface area contributed by atoms with Gasteiger partial charge in [-0.2, -0.15) is 0 Å². The Kier molecular flexibility index (Phi) is 2.70. The third-order valence-corrected chi connectivity index (χ3v) is 2.20. The molecule has 0 aliphatic carbocycles. The van der Waals surface area contributed by atoms with E-state index in [-0.39, 0.29) is 11.3 Å². The number of aldehydes is 2. The number of rotatable bonds is 3. The van der Waals surface area contributed by atoms with Gasteiger partial charge in [0.15, 0.2) is 6.29 Å². The highest BCUT2D eigenvalue weighted by molar-refractivity contribution is 5.80.